The Morgan fingerprint density at radius 2 is 1.86 bits per heavy atom. The molecule has 2 rings (SSSR count). The van der Waals surface area contributed by atoms with Crippen LogP contribution in [0.5, 0.6) is 5.75 Å². The zero-order valence-electron chi connectivity index (χ0n) is 12.4. The number of halogens is 1. The standard InChI is InChI=1S/C15H15ClN2O4/c1-4-21-14(19)10-5-7-11(8-6-10)22-15(20)12-9(2)17-18(3)13(12)16/h5-8H,4H2,1-3H3. The molecule has 0 saturated heterocycles. The average Bonchev–Trinajstić information content (AvgIpc) is 2.73. The Kier molecular flexibility index (Phi) is 4.82. The number of ether oxygens (including phenoxy) is 2. The molecule has 0 aliphatic rings. The van der Waals surface area contributed by atoms with Crippen molar-refractivity contribution in [2.24, 2.45) is 7.05 Å². The SMILES string of the molecule is CCOC(=O)c1ccc(OC(=O)c2c(C)nn(C)c2Cl)cc1. The molecule has 0 aliphatic carbocycles. The van der Waals surface area contributed by atoms with E-state index in [2.05, 4.69) is 5.10 Å². The van der Waals surface area contributed by atoms with Crippen molar-refractivity contribution in [2.45, 2.75) is 13.8 Å². The molecular weight excluding hydrogens is 308 g/mol. The van der Waals surface area contributed by atoms with E-state index in [0.29, 0.717) is 23.6 Å². The minimum absolute atomic E-state index is 0.214. The van der Waals surface area contributed by atoms with Crippen LogP contribution in [0.1, 0.15) is 33.3 Å². The number of rotatable bonds is 4. The summed E-state index contributed by atoms with van der Waals surface area (Å²) in [5.41, 5.74) is 1.09. The van der Waals surface area contributed by atoms with E-state index in [0.717, 1.165) is 0 Å². The van der Waals surface area contributed by atoms with Crippen molar-refractivity contribution in [3.05, 3.63) is 46.2 Å². The molecule has 0 aliphatic heterocycles. The lowest BCUT2D eigenvalue weighted by molar-refractivity contribution is 0.0526. The highest BCUT2D eigenvalue weighted by Crippen LogP contribution is 2.21. The molecule has 0 N–H and O–H groups in total. The Hall–Kier alpha value is -2.34. The minimum Gasteiger partial charge on any atom is -0.462 e. The van der Waals surface area contributed by atoms with Crippen LogP contribution in [0.4, 0.5) is 0 Å². The van der Waals surface area contributed by atoms with E-state index in [-0.39, 0.29) is 10.7 Å². The summed E-state index contributed by atoms with van der Waals surface area (Å²) in [5, 5.41) is 4.27. The number of aryl methyl sites for hydroxylation is 2. The molecule has 0 saturated carbocycles. The van der Waals surface area contributed by atoms with Gasteiger partial charge in [0.2, 0.25) is 0 Å². The molecule has 0 atom stereocenters. The van der Waals surface area contributed by atoms with Crippen LogP contribution in [-0.4, -0.2) is 28.3 Å². The first-order chi connectivity index (χ1) is 10.4. The summed E-state index contributed by atoms with van der Waals surface area (Å²) in [6, 6.07) is 6.09. The fourth-order valence-electron chi connectivity index (χ4n) is 1.89. The van der Waals surface area contributed by atoms with Gasteiger partial charge in [0.1, 0.15) is 16.5 Å². The molecule has 0 radical (unpaired) electrons. The van der Waals surface area contributed by atoms with Gasteiger partial charge in [-0.1, -0.05) is 11.6 Å². The third-order valence-electron chi connectivity index (χ3n) is 2.93. The van der Waals surface area contributed by atoms with Gasteiger partial charge in [-0.25, -0.2) is 9.59 Å². The number of esters is 2. The van der Waals surface area contributed by atoms with Gasteiger partial charge in [-0.2, -0.15) is 5.10 Å². The second kappa shape index (κ2) is 6.62. The molecule has 0 unspecified atom stereocenters. The van der Waals surface area contributed by atoms with Crippen LogP contribution in [0.25, 0.3) is 0 Å². The van der Waals surface area contributed by atoms with E-state index in [1.807, 2.05) is 0 Å². The van der Waals surface area contributed by atoms with Gasteiger partial charge in [0.15, 0.2) is 0 Å². The smallest absolute Gasteiger partial charge is 0.348 e. The molecule has 0 amide bonds. The molecule has 1 aromatic heterocycles. The molecular formula is C15H15ClN2O4. The van der Waals surface area contributed by atoms with Gasteiger partial charge in [0.05, 0.1) is 17.9 Å². The number of hydrogen-bond donors (Lipinski definition) is 0. The molecule has 0 spiro atoms. The molecule has 0 fully saturated rings. The molecule has 0 bridgehead atoms. The van der Waals surface area contributed by atoms with E-state index in [9.17, 15) is 9.59 Å². The lowest BCUT2D eigenvalue weighted by atomic mass is 10.2. The van der Waals surface area contributed by atoms with Crippen LogP contribution < -0.4 is 4.74 Å². The van der Waals surface area contributed by atoms with Crippen molar-refractivity contribution in [2.75, 3.05) is 6.61 Å². The molecule has 2 aromatic rings. The summed E-state index contributed by atoms with van der Waals surface area (Å²) < 4.78 is 11.5. The summed E-state index contributed by atoms with van der Waals surface area (Å²) in [6.45, 7) is 3.70. The lowest BCUT2D eigenvalue weighted by Crippen LogP contribution is -2.10. The first kappa shape index (κ1) is 16.0. The lowest BCUT2D eigenvalue weighted by Gasteiger charge is -2.05. The van der Waals surface area contributed by atoms with Crippen molar-refractivity contribution in [3.63, 3.8) is 0 Å². The second-order valence-electron chi connectivity index (χ2n) is 4.51. The topological polar surface area (TPSA) is 70.4 Å². The molecule has 1 heterocycles. The predicted molar refractivity (Wildman–Crippen MR) is 80.3 cm³/mol. The van der Waals surface area contributed by atoms with Crippen molar-refractivity contribution in [1.29, 1.82) is 0 Å². The van der Waals surface area contributed by atoms with Crippen molar-refractivity contribution >= 4 is 23.5 Å². The van der Waals surface area contributed by atoms with Crippen LogP contribution >= 0.6 is 11.6 Å². The Labute approximate surface area is 132 Å². The molecule has 6 nitrogen and oxygen atoms in total. The fourth-order valence-corrected chi connectivity index (χ4v) is 2.15. The van der Waals surface area contributed by atoms with Gasteiger partial charge < -0.3 is 9.47 Å². The molecule has 22 heavy (non-hydrogen) atoms. The maximum absolute atomic E-state index is 12.1. The first-order valence-corrected chi connectivity index (χ1v) is 7.00. The van der Waals surface area contributed by atoms with Gasteiger partial charge >= 0.3 is 11.9 Å². The van der Waals surface area contributed by atoms with Crippen molar-refractivity contribution in [1.82, 2.24) is 9.78 Å². The number of carbonyl (C=O) groups is 2. The quantitative estimate of drug-likeness (QED) is 0.639. The number of aromatic nitrogens is 2. The van der Waals surface area contributed by atoms with Gasteiger partial charge in [0, 0.05) is 7.05 Å². The summed E-state index contributed by atoms with van der Waals surface area (Å²) in [7, 11) is 1.64. The fraction of sp³-hybridized carbons (Fsp3) is 0.267. The predicted octanol–water partition coefficient (Wildman–Crippen LogP) is 2.78. The third-order valence-corrected chi connectivity index (χ3v) is 3.37. The van der Waals surface area contributed by atoms with Crippen LogP contribution in [0.15, 0.2) is 24.3 Å². The number of carbonyl (C=O) groups excluding carboxylic acids is 2. The second-order valence-corrected chi connectivity index (χ2v) is 4.87. The van der Waals surface area contributed by atoms with Crippen LogP contribution in [-0.2, 0) is 11.8 Å². The summed E-state index contributed by atoms with van der Waals surface area (Å²) in [5.74, 6) is -0.719. The monoisotopic (exact) mass is 322 g/mol. The van der Waals surface area contributed by atoms with Gasteiger partial charge in [-0.15, -0.1) is 0 Å². The zero-order valence-corrected chi connectivity index (χ0v) is 13.2. The summed E-state index contributed by atoms with van der Waals surface area (Å²) in [4.78, 5) is 23.7. The summed E-state index contributed by atoms with van der Waals surface area (Å²) in [6.07, 6.45) is 0. The molecule has 7 heteroatoms. The Morgan fingerprint density at radius 3 is 2.36 bits per heavy atom. The zero-order chi connectivity index (χ0) is 16.3. The van der Waals surface area contributed by atoms with Crippen molar-refractivity contribution < 1.29 is 19.1 Å². The Bertz CT molecular complexity index is 707. The van der Waals surface area contributed by atoms with Crippen molar-refractivity contribution in [3.8, 4) is 5.75 Å². The van der Waals surface area contributed by atoms with E-state index in [1.54, 1.807) is 20.9 Å². The van der Waals surface area contributed by atoms with Crippen LogP contribution in [0.3, 0.4) is 0 Å². The highest BCUT2D eigenvalue weighted by molar-refractivity contribution is 6.32. The maximum Gasteiger partial charge on any atom is 0.348 e. The number of nitrogens with zero attached hydrogens (tertiary/aromatic N) is 2. The average molecular weight is 323 g/mol. The van der Waals surface area contributed by atoms with E-state index in [4.69, 9.17) is 21.1 Å². The normalized spacial score (nSPS) is 10.4. The Balaban J connectivity index is 2.14. The molecule has 1 aromatic carbocycles. The highest BCUT2D eigenvalue weighted by atomic mass is 35.5. The number of benzene rings is 1. The maximum atomic E-state index is 12.1. The van der Waals surface area contributed by atoms with E-state index >= 15 is 0 Å². The minimum atomic E-state index is -0.598. The van der Waals surface area contributed by atoms with Crippen LogP contribution in [0.2, 0.25) is 5.15 Å². The number of hydrogen-bond acceptors (Lipinski definition) is 5. The first-order valence-electron chi connectivity index (χ1n) is 6.62. The van der Waals surface area contributed by atoms with Gasteiger partial charge in [-0.05, 0) is 38.1 Å². The molecule has 116 valence electrons. The van der Waals surface area contributed by atoms with E-state index < -0.39 is 11.9 Å². The highest BCUT2D eigenvalue weighted by Gasteiger charge is 2.21. The van der Waals surface area contributed by atoms with Crippen LogP contribution in [0, 0.1) is 6.92 Å². The third kappa shape index (κ3) is 3.28. The van der Waals surface area contributed by atoms with Gasteiger partial charge in [-0.3, -0.25) is 4.68 Å². The Morgan fingerprint density at radius 1 is 1.23 bits per heavy atom. The summed E-state index contributed by atoms with van der Waals surface area (Å²) >= 11 is 6.02. The largest absolute Gasteiger partial charge is 0.462 e. The van der Waals surface area contributed by atoms with E-state index in [1.165, 1.54) is 28.9 Å². The van der Waals surface area contributed by atoms with Gasteiger partial charge in [0.25, 0.3) is 0 Å².